The van der Waals surface area contributed by atoms with Gasteiger partial charge in [0.05, 0.1) is 11.2 Å². The van der Waals surface area contributed by atoms with Gasteiger partial charge in [0.1, 0.15) is 5.82 Å². The zero-order chi connectivity index (χ0) is 12.7. The summed E-state index contributed by atoms with van der Waals surface area (Å²) in [5.41, 5.74) is 10.6. The number of aryl methyl sites for hydroxylation is 2. The Balaban J connectivity index is 2.56. The molecule has 3 nitrogen and oxygen atoms in total. The number of benzene rings is 1. The number of nitrogen functional groups attached to an aromatic ring is 1. The Morgan fingerprint density at radius 2 is 1.94 bits per heavy atom. The number of nitrogens with one attached hydrogen (secondary N) is 1. The van der Waals surface area contributed by atoms with Gasteiger partial charge >= 0.3 is 0 Å². The Morgan fingerprint density at radius 1 is 1.17 bits per heavy atom. The first kappa shape index (κ1) is 11.1. The van der Waals surface area contributed by atoms with Gasteiger partial charge in [-0.2, -0.15) is 0 Å². The number of pyridine rings is 1. The molecule has 0 amide bonds. The normalized spacial score (nSPS) is 11.4. The van der Waals surface area contributed by atoms with Crippen LogP contribution in [0.2, 0.25) is 0 Å². The lowest BCUT2D eigenvalue weighted by atomic mass is 10.1. The third kappa shape index (κ3) is 1.40. The number of nitrogens with two attached hydrogens (primary N) is 1. The summed E-state index contributed by atoms with van der Waals surface area (Å²) in [6.07, 6.45) is 1.79. The van der Waals surface area contributed by atoms with Crippen LogP contribution in [0.5, 0.6) is 0 Å². The van der Waals surface area contributed by atoms with Gasteiger partial charge in [-0.3, -0.25) is 0 Å². The van der Waals surface area contributed by atoms with Crippen molar-refractivity contribution in [1.82, 2.24) is 9.97 Å². The van der Waals surface area contributed by atoms with Crippen LogP contribution in [0.3, 0.4) is 0 Å². The molecule has 2 aromatic heterocycles. The molecule has 3 aromatic rings. The maximum absolute atomic E-state index is 6.06. The molecule has 3 N–H and O–H groups in total. The number of hydrogen-bond donors (Lipinski definition) is 2. The largest absolute Gasteiger partial charge is 0.383 e. The van der Waals surface area contributed by atoms with Crippen molar-refractivity contribution in [3.8, 4) is 0 Å². The molecular formula is C15H17N3. The van der Waals surface area contributed by atoms with E-state index in [0.29, 0.717) is 5.82 Å². The highest BCUT2D eigenvalue weighted by Gasteiger charge is 2.14. The smallest absolute Gasteiger partial charge is 0.128 e. The highest BCUT2D eigenvalue weighted by atomic mass is 14.9. The van der Waals surface area contributed by atoms with Gasteiger partial charge in [0.25, 0.3) is 0 Å². The van der Waals surface area contributed by atoms with Crippen molar-refractivity contribution >= 4 is 27.6 Å². The van der Waals surface area contributed by atoms with Gasteiger partial charge in [0.15, 0.2) is 0 Å². The molecule has 92 valence electrons. The number of rotatable bonds is 2. The number of nitrogens with zero attached hydrogens (tertiary/aromatic N) is 1. The van der Waals surface area contributed by atoms with Crippen LogP contribution < -0.4 is 5.73 Å². The summed E-state index contributed by atoms with van der Waals surface area (Å²) in [4.78, 5) is 8.06. The van der Waals surface area contributed by atoms with Crippen LogP contribution in [-0.4, -0.2) is 9.97 Å². The minimum absolute atomic E-state index is 0.661. The SMILES string of the molecule is CCc1c(N)nc(CC)c2c1[nH]c1ccccc12. The fourth-order valence-corrected chi connectivity index (χ4v) is 2.68. The molecular weight excluding hydrogens is 222 g/mol. The summed E-state index contributed by atoms with van der Waals surface area (Å²) in [7, 11) is 0. The summed E-state index contributed by atoms with van der Waals surface area (Å²) in [5.74, 6) is 0.661. The van der Waals surface area contributed by atoms with Crippen LogP contribution >= 0.6 is 0 Å². The van der Waals surface area contributed by atoms with Gasteiger partial charge in [0, 0.05) is 21.9 Å². The van der Waals surface area contributed by atoms with E-state index in [1.807, 2.05) is 6.07 Å². The predicted octanol–water partition coefficient (Wildman–Crippen LogP) is 3.42. The van der Waals surface area contributed by atoms with Crippen LogP contribution in [0.1, 0.15) is 25.1 Å². The van der Waals surface area contributed by atoms with E-state index in [9.17, 15) is 0 Å². The average molecular weight is 239 g/mol. The minimum atomic E-state index is 0.661. The van der Waals surface area contributed by atoms with Crippen LogP contribution in [-0.2, 0) is 12.8 Å². The lowest BCUT2D eigenvalue weighted by molar-refractivity contribution is 1.04. The molecule has 0 radical (unpaired) electrons. The van der Waals surface area contributed by atoms with Crippen molar-refractivity contribution in [3.05, 3.63) is 35.5 Å². The Morgan fingerprint density at radius 3 is 2.67 bits per heavy atom. The number of aromatic amines is 1. The fraction of sp³-hybridized carbons (Fsp3) is 0.267. The quantitative estimate of drug-likeness (QED) is 0.720. The van der Waals surface area contributed by atoms with Crippen LogP contribution in [0.4, 0.5) is 5.82 Å². The summed E-state index contributed by atoms with van der Waals surface area (Å²) >= 11 is 0. The second-order valence-electron chi connectivity index (χ2n) is 4.55. The molecule has 0 saturated carbocycles. The van der Waals surface area contributed by atoms with Crippen LogP contribution in [0.15, 0.2) is 24.3 Å². The zero-order valence-corrected chi connectivity index (χ0v) is 10.7. The van der Waals surface area contributed by atoms with E-state index in [-0.39, 0.29) is 0 Å². The molecule has 3 heteroatoms. The number of anilines is 1. The van der Waals surface area contributed by atoms with E-state index >= 15 is 0 Å². The van der Waals surface area contributed by atoms with Crippen molar-refractivity contribution in [3.63, 3.8) is 0 Å². The molecule has 3 rings (SSSR count). The molecule has 1 aromatic carbocycles. The average Bonchev–Trinajstić information content (AvgIpc) is 2.77. The summed E-state index contributed by atoms with van der Waals surface area (Å²) < 4.78 is 0. The Labute approximate surface area is 106 Å². The number of aromatic nitrogens is 2. The van der Waals surface area contributed by atoms with Crippen LogP contribution in [0.25, 0.3) is 21.8 Å². The number of fused-ring (bicyclic) bond motifs is 3. The number of H-pyrrole nitrogens is 1. The molecule has 0 spiro atoms. The van der Waals surface area contributed by atoms with Crippen molar-refractivity contribution in [1.29, 1.82) is 0 Å². The summed E-state index contributed by atoms with van der Waals surface area (Å²) in [5, 5.41) is 2.48. The molecule has 0 aliphatic rings. The van der Waals surface area contributed by atoms with Gasteiger partial charge in [-0.25, -0.2) is 4.98 Å². The molecule has 0 atom stereocenters. The van der Waals surface area contributed by atoms with Crippen molar-refractivity contribution in [2.75, 3.05) is 5.73 Å². The van der Waals surface area contributed by atoms with Gasteiger partial charge < -0.3 is 10.7 Å². The van der Waals surface area contributed by atoms with E-state index in [0.717, 1.165) is 35.1 Å². The first-order chi connectivity index (χ1) is 8.76. The maximum Gasteiger partial charge on any atom is 0.128 e. The van der Waals surface area contributed by atoms with E-state index in [1.165, 1.54) is 10.8 Å². The Bertz CT molecular complexity index is 725. The second kappa shape index (κ2) is 4.02. The second-order valence-corrected chi connectivity index (χ2v) is 4.55. The Kier molecular flexibility index (Phi) is 2.47. The first-order valence-corrected chi connectivity index (χ1v) is 6.43. The van der Waals surface area contributed by atoms with E-state index in [1.54, 1.807) is 0 Å². The van der Waals surface area contributed by atoms with Crippen molar-refractivity contribution in [2.45, 2.75) is 26.7 Å². The fourth-order valence-electron chi connectivity index (χ4n) is 2.68. The minimum Gasteiger partial charge on any atom is -0.383 e. The number of para-hydroxylation sites is 1. The molecule has 0 aliphatic carbocycles. The third-order valence-electron chi connectivity index (χ3n) is 3.55. The highest BCUT2D eigenvalue weighted by Crippen LogP contribution is 2.32. The Hall–Kier alpha value is -2.03. The topological polar surface area (TPSA) is 54.7 Å². The predicted molar refractivity (Wildman–Crippen MR) is 76.8 cm³/mol. The molecule has 0 aliphatic heterocycles. The molecule has 0 saturated heterocycles. The summed E-state index contributed by atoms with van der Waals surface area (Å²) in [6.45, 7) is 4.23. The van der Waals surface area contributed by atoms with Gasteiger partial charge in [-0.05, 0) is 18.9 Å². The first-order valence-electron chi connectivity index (χ1n) is 6.43. The van der Waals surface area contributed by atoms with Crippen molar-refractivity contribution < 1.29 is 0 Å². The molecule has 2 heterocycles. The standard InChI is InChI=1S/C15H17N3/c1-3-9-14-13(11(4-2)18-15(9)16)10-7-5-6-8-12(10)17-14/h5-8,17H,3-4H2,1-2H3,(H2,16,18). The van der Waals surface area contributed by atoms with E-state index < -0.39 is 0 Å². The van der Waals surface area contributed by atoms with Crippen molar-refractivity contribution in [2.24, 2.45) is 0 Å². The number of hydrogen-bond acceptors (Lipinski definition) is 2. The molecule has 0 unspecified atom stereocenters. The summed E-state index contributed by atoms with van der Waals surface area (Å²) in [6, 6.07) is 8.36. The van der Waals surface area contributed by atoms with Gasteiger partial charge in [-0.15, -0.1) is 0 Å². The van der Waals surface area contributed by atoms with E-state index in [4.69, 9.17) is 5.73 Å². The molecule has 0 bridgehead atoms. The monoisotopic (exact) mass is 239 g/mol. The van der Waals surface area contributed by atoms with E-state index in [2.05, 4.69) is 42.0 Å². The molecule has 0 fully saturated rings. The van der Waals surface area contributed by atoms with Gasteiger partial charge in [0.2, 0.25) is 0 Å². The third-order valence-corrected chi connectivity index (χ3v) is 3.55. The lowest BCUT2D eigenvalue weighted by Gasteiger charge is -2.08. The maximum atomic E-state index is 6.06. The highest BCUT2D eigenvalue weighted by molar-refractivity contribution is 6.10. The van der Waals surface area contributed by atoms with Gasteiger partial charge in [-0.1, -0.05) is 32.0 Å². The lowest BCUT2D eigenvalue weighted by Crippen LogP contribution is -2.01. The zero-order valence-electron chi connectivity index (χ0n) is 10.7. The van der Waals surface area contributed by atoms with Crippen LogP contribution in [0, 0.1) is 0 Å². The molecule has 18 heavy (non-hydrogen) atoms.